The van der Waals surface area contributed by atoms with Gasteiger partial charge in [-0.1, -0.05) is 50.6 Å². The highest BCUT2D eigenvalue weighted by Gasteiger charge is 2.39. The van der Waals surface area contributed by atoms with Gasteiger partial charge in [0.05, 0.1) is 5.02 Å². The van der Waals surface area contributed by atoms with E-state index < -0.39 is 0 Å². The van der Waals surface area contributed by atoms with Crippen molar-refractivity contribution < 1.29 is 0 Å². The topological polar surface area (TPSA) is 24.9 Å². The summed E-state index contributed by atoms with van der Waals surface area (Å²) >= 11 is 8.07. The molecule has 106 valence electrons. The van der Waals surface area contributed by atoms with Gasteiger partial charge in [0.25, 0.3) is 0 Å². The average Bonchev–Trinajstić information content (AvgIpc) is 2.36. The Labute approximate surface area is 125 Å². The van der Waals surface area contributed by atoms with E-state index in [-0.39, 0.29) is 0 Å². The van der Waals surface area contributed by atoms with E-state index in [0.717, 1.165) is 16.6 Å². The molecule has 1 aliphatic rings. The van der Waals surface area contributed by atoms with Crippen molar-refractivity contribution in [2.45, 2.75) is 56.4 Å². The fourth-order valence-electron chi connectivity index (χ4n) is 2.94. The first kappa shape index (κ1) is 15.1. The van der Waals surface area contributed by atoms with Gasteiger partial charge in [-0.2, -0.15) is 0 Å². The lowest BCUT2D eigenvalue weighted by Gasteiger charge is -2.44. The zero-order valence-electron chi connectivity index (χ0n) is 11.9. The quantitative estimate of drug-likeness (QED) is 0.892. The Morgan fingerprint density at radius 1 is 1.53 bits per heavy atom. The number of aromatic nitrogens is 1. The molecule has 0 aromatic carbocycles. The van der Waals surface area contributed by atoms with Gasteiger partial charge in [0, 0.05) is 17.5 Å². The van der Waals surface area contributed by atoms with Gasteiger partial charge in [-0.15, -0.1) is 0 Å². The molecule has 0 saturated heterocycles. The Balaban J connectivity index is 2.15. The number of nitrogens with zero attached hydrogens (tertiary/aromatic N) is 1. The lowest BCUT2D eigenvalue weighted by Crippen LogP contribution is -2.51. The van der Waals surface area contributed by atoms with Crippen LogP contribution in [0.25, 0.3) is 0 Å². The molecule has 1 aromatic heterocycles. The van der Waals surface area contributed by atoms with Crippen LogP contribution in [-0.4, -0.2) is 22.8 Å². The molecule has 2 nitrogen and oxygen atoms in total. The van der Waals surface area contributed by atoms with Gasteiger partial charge >= 0.3 is 0 Å². The molecule has 19 heavy (non-hydrogen) atoms. The van der Waals surface area contributed by atoms with Crippen LogP contribution >= 0.6 is 23.4 Å². The summed E-state index contributed by atoms with van der Waals surface area (Å²) in [5, 5.41) is 5.96. The summed E-state index contributed by atoms with van der Waals surface area (Å²) in [4.78, 5) is 4.42. The fourth-order valence-corrected chi connectivity index (χ4v) is 4.67. The first-order chi connectivity index (χ1) is 9.04. The van der Waals surface area contributed by atoms with E-state index in [4.69, 9.17) is 11.6 Å². The maximum absolute atomic E-state index is 6.24. The van der Waals surface area contributed by atoms with Crippen LogP contribution in [0, 0.1) is 5.41 Å². The summed E-state index contributed by atoms with van der Waals surface area (Å²) < 4.78 is 0. The Hall–Kier alpha value is -0.250. The molecule has 2 rings (SSSR count). The van der Waals surface area contributed by atoms with Crippen molar-refractivity contribution in [3.05, 3.63) is 23.4 Å². The molecule has 2 unspecified atom stereocenters. The molecule has 0 spiro atoms. The van der Waals surface area contributed by atoms with E-state index >= 15 is 0 Å². The smallest absolute Gasteiger partial charge is 0.115 e. The molecular weight excluding hydrogens is 276 g/mol. The number of nitrogens with one attached hydrogen (secondary N) is 1. The van der Waals surface area contributed by atoms with Crippen LogP contribution in [0.3, 0.4) is 0 Å². The van der Waals surface area contributed by atoms with E-state index in [1.54, 1.807) is 0 Å². The van der Waals surface area contributed by atoms with Gasteiger partial charge in [-0.25, -0.2) is 4.98 Å². The van der Waals surface area contributed by atoms with Crippen LogP contribution in [0.4, 0.5) is 0 Å². The third-order valence-electron chi connectivity index (χ3n) is 3.94. The van der Waals surface area contributed by atoms with E-state index in [9.17, 15) is 0 Å². The van der Waals surface area contributed by atoms with E-state index in [1.807, 2.05) is 30.1 Å². The van der Waals surface area contributed by atoms with Gasteiger partial charge < -0.3 is 5.32 Å². The van der Waals surface area contributed by atoms with Crippen LogP contribution < -0.4 is 5.32 Å². The summed E-state index contributed by atoms with van der Waals surface area (Å²) in [5.74, 6) is 0. The van der Waals surface area contributed by atoms with Crippen molar-refractivity contribution in [3.63, 3.8) is 0 Å². The number of halogens is 1. The van der Waals surface area contributed by atoms with Crippen LogP contribution in [0.5, 0.6) is 0 Å². The molecule has 1 fully saturated rings. The van der Waals surface area contributed by atoms with Crippen LogP contribution in [-0.2, 0) is 0 Å². The molecule has 0 amide bonds. The second kappa shape index (κ2) is 6.47. The molecule has 0 aliphatic heterocycles. The molecule has 1 N–H and O–H groups in total. The van der Waals surface area contributed by atoms with E-state index in [2.05, 4.69) is 31.1 Å². The van der Waals surface area contributed by atoms with Crippen LogP contribution in [0.1, 0.15) is 40.0 Å². The number of pyridine rings is 1. The molecule has 2 atom stereocenters. The van der Waals surface area contributed by atoms with Gasteiger partial charge in [-0.3, -0.25) is 0 Å². The Morgan fingerprint density at radius 2 is 2.32 bits per heavy atom. The third kappa shape index (κ3) is 3.65. The standard InChI is InChI=1S/C15H23ClN2S/c1-4-17-13-12(8-5-9-15(13,2)3)19-14-11(16)7-6-10-18-14/h6-7,10,12-13,17H,4-5,8-9H2,1-3H3. The zero-order chi connectivity index (χ0) is 13.9. The maximum atomic E-state index is 6.24. The first-order valence-electron chi connectivity index (χ1n) is 7.05. The fraction of sp³-hybridized carbons (Fsp3) is 0.667. The summed E-state index contributed by atoms with van der Waals surface area (Å²) in [6.07, 6.45) is 5.64. The van der Waals surface area contributed by atoms with E-state index in [0.29, 0.717) is 16.7 Å². The molecular formula is C15H23ClN2S. The normalized spacial score (nSPS) is 26.3. The predicted molar refractivity (Wildman–Crippen MR) is 84.0 cm³/mol. The summed E-state index contributed by atoms with van der Waals surface area (Å²) in [6, 6.07) is 4.33. The molecule has 0 radical (unpaired) electrons. The largest absolute Gasteiger partial charge is 0.313 e. The molecule has 1 aliphatic carbocycles. The molecule has 0 bridgehead atoms. The highest BCUT2D eigenvalue weighted by atomic mass is 35.5. The SMILES string of the molecule is CCNC1C(Sc2ncccc2Cl)CCCC1(C)C. The van der Waals surface area contributed by atoms with Crippen molar-refractivity contribution in [3.8, 4) is 0 Å². The summed E-state index contributed by atoms with van der Waals surface area (Å²) in [5.41, 5.74) is 0.340. The minimum absolute atomic E-state index is 0.340. The van der Waals surface area contributed by atoms with Crippen LogP contribution in [0.15, 0.2) is 23.4 Å². The summed E-state index contributed by atoms with van der Waals surface area (Å²) in [6.45, 7) is 7.93. The second-order valence-corrected chi connectivity index (χ2v) is 7.50. The maximum Gasteiger partial charge on any atom is 0.115 e. The van der Waals surface area contributed by atoms with Crippen molar-refractivity contribution >= 4 is 23.4 Å². The number of hydrogen-bond acceptors (Lipinski definition) is 3. The monoisotopic (exact) mass is 298 g/mol. The van der Waals surface area contributed by atoms with Crippen LogP contribution in [0.2, 0.25) is 5.02 Å². The minimum Gasteiger partial charge on any atom is -0.313 e. The number of rotatable bonds is 4. The van der Waals surface area contributed by atoms with Crippen molar-refractivity contribution in [1.29, 1.82) is 0 Å². The van der Waals surface area contributed by atoms with Gasteiger partial charge in [0.2, 0.25) is 0 Å². The highest BCUT2D eigenvalue weighted by molar-refractivity contribution is 8.00. The predicted octanol–water partition coefficient (Wildman–Crippen LogP) is 4.38. The lowest BCUT2D eigenvalue weighted by atomic mass is 9.73. The average molecular weight is 299 g/mol. The molecule has 1 heterocycles. The minimum atomic E-state index is 0.340. The lowest BCUT2D eigenvalue weighted by molar-refractivity contribution is 0.176. The summed E-state index contributed by atoms with van der Waals surface area (Å²) in [7, 11) is 0. The van der Waals surface area contributed by atoms with Gasteiger partial charge in [0.15, 0.2) is 0 Å². The van der Waals surface area contributed by atoms with Crippen molar-refractivity contribution in [2.24, 2.45) is 5.41 Å². The first-order valence-corrected chi connectivity index (χ1v) is 8.31. The zero-order valence-corrected chi connectivity index (χ0v) is 13.5. The van der Waals surface area contributed by atoms with Crippen molar-refractivity contribution in [1.82, 2.24) is 10.3 Å². The molecule has 4 heteroatoms. The Kier molecular flexibility index (Phi) is 5.15. The highest BCUT2D eigenvalue weighted by Crippen LogP contribution is 2.43. The Bertz CT molecular complexity index is 422. The second-order valence-electron chi connectivity index (χ2n) is 5.86. The third-order valence-corrected chi connectivity index (χ3v) is 5.71. The van der Waals surface area contributed by atoms with Crippen molar-refractivity contribution in [2.75, 3.05) is 6.54 Å². The molecule has 1 aromatic rings. The Morgan fingerprint density at radius 3 is 3.00 bits per heavy atom. The van der Waals surface area contributed by atoms with E-state index in [1.165, 1.54) is 19.3 Å². The molecule has 1 saturated carbocycles. The number of thioether (sulfide) groups is 1. The number of hydrogen-bond donors (Lipinski definition) is 1. The van der Waals surface area contributed by atoms with Gasteiger partial charge in [0.1, 0.15) is 5.03 Å². The van der Waals surface area contributed by atoms with Gasteiger partial charge in [-0.05, 0) is 36.9 Å².